The lowest BCUT2D eigenvalue weighted by Gasteiger charge is -2.35. The molecule has 150 valence electrons. The number of anilines is 1. The highest BCUT2D eigenvalue weighted by atomic mass is 32.1. The third kappa shape index (κ3) is 4.90. The van der Waals surface area contributed by atoms with Crippen LogP contribution in [0.4, 0.5) is 5.82 Å². The molecular weight excluding hydrogens is 374 g/mol. The van der Waals surface area contributed by atoms with Crippen LogP contribution in [-0.4, -0.2) is 54.5 Å². The summed E-state index contributed by atoms with van der Waals surface area (Å²) in [6.45, 7) is 6.67. The number of pyridine rings is 1. The van der Waals surface area contributed by atoms with Crippen molar-refractivity contribution in [1.82, 2.24) is 9.88 Å². The first-order chi connectivity index (χ1) is 13.6. The van der Waals surface area contributed by atoms with Crippen LogP contribution < -0.4 is 4.90 Å². The number of amides is 1. The van der Waals surface area contributed by atoms with Gasteiger partial charge in [0.15, 0.2) is 6.61 Å². The number of aryl methyl sites for hydroxylation is 2. The number of hydrogen-bond donors (Lipinski definition) is 0. The number of hydrogen-bond acceptors (Lipinski definition) is 6. The van der Waals surface area contributed by atoms with E-state index in [2.05, 4.69) is 23.7 Å². The minimum Gasteiger partial charge on any atom is -0.451 e. The maximum atomic E-state index is 12.4. The molecule has 0 spiro atoms. The predicted molar refractivity (Wildman–Crippen MR) is 111 cm³/mol. The first-order valence-electron chi connectivity index (χ1n) is 9.84. The normalized spacial score (nSPS) is 14.2. The van der Waals surface area contributed by atoms with Gasteiger partial charge in [-0.15, -0.1) is 11.3 Å². The fourth-order valence-electron chi connectivity index (χ4n) is 3.32. The van der Waals surface area contributed by atoms with E-state index in [0.29, 0.717) is 18.0 Å². The van der Waals surface area contributed by atoms with Crippen LogP contribution in [0.15, 0.2) is 30.5 Å². The Labute approximate surface area is 170 Å². The molecule has 0 unspecified atom stereocenters. The van der Waals surface area contributed by atoms with Gasteiger partial charge >= 0.3 is 5.97 Å². The first kappa shape index (κ1) is 20.3. The van der Waals surface area contributed by atoms with Crippen molar-refractivity contribution in [2.24, 2.45) is 0 Å². The molecule has 3 heterocycles. The monoisotopic (exact) mass is 401 g/mol. The Hall–Kier alpha value is -2.41. The van der Waals surface area contributed by atoms with E-state index in [4.69, 9.17) is 4.74 Å². The molecule has 7 heteroatoms. The Morgan fingerprint density at radius 2 is 1.96 bits per heavy atom. The molecule has 1 fully saturated rings. The zero-order valence-electron chi connectivity index (χ0n) is 16.5. The molecule has 6 nitrogen and oxygen atoms in total. The van der Waals surface area contributed by atoms with Crippen LogP contribution in [-0.2, 0) is 22.4 Å². The maximum absolute atomic E-state index is 12.4. The van der Waals surface area contributed by atoms with Crippen LogP contribution in [0.5, 0.6) is 0 Å². The summed E-state index contributed by atoms with van der Waals surface area (Å²) >= 11 is 1.49. The minimum atomic E-state index is -0.400. The Morgan fingerprint density at radius 1 is 1.18 bits per heavy atom. The van der Waals surface area contributed by atoms with Crippen molar-refractivity contribution in [3.05, 3.63) is 45.8 Å². The molecule has 0 aromatic carbocycles. The lowest BCUT2D eigenvalue weighted by Crippen LogP contribution is -2.50. The smallest absolute Gasteiger partial charge is 0.348 e. The zero-order chi connectivity index (χ0) is 19.9. The number of piperazine rings is 1. The standard InChI is InChI=1S/C21H27N3O3S/c1-3-7-17-16(4-2)14-18(28-17)21(26)27-15-20(25)24-12-10-23(11-13-24)19-8-5-6-9-22-19/h5-6,8-9,14H,3-4,7,10-13,15H2,1-2H3. The summed E-state index contributed by atoms with van der Waals surface area (Å²) in [4.78, 5) is 34.9. The third-order valence-corrected chi connectivity index (χ3v) is 6.11. The number of carbonyl (C=O) groups excluding carboxylic acids is 2. The molecular formula is C21H27N3O3S. The number of aromatic nitrogens is 1. The Balaban J connectivity index is 1.48. The van der Waals surface area contributed by atoms with E-state index in [1.807, 2.05) is 24.3 Å². The van der Waals surface area contributed by atoms with Crippen molar-refractivity contribution in [3.8, 4) is 0 Å². The van der Waals surface area contributed by atoms with Gasteiger partial charge in [0.2, 0.25) is 0 Å². The number of carbonyl (C=O) groups is 2. The first-order valence-corrected chi connectivity index (χ1v) is 10.7. The van der Waals surface area contributed by atoms with Crippen molar-refractivity contribution in [2.45, 2.75) is 33.1 Å². The molecule has 0 radical (unpaired) electrons. The van der Waals surface area contributed by atoms with Crippen molar-refractivity contribution in [1.29, 1.82) is 0 Å². The summed E-state index contributed by atoms with van der Waals surface area (Å²) in [5.74, 6) is 0.380. The molecule has 1 aliphatic heterocycles. The average Bonchev–Trinajstić information content (AvgIpc) is 3.16. The molecule has 1 aliphatic rings. The van der Waals surface area contributed by atoms with Crippen LogP contribution in [0.1, 0.15) is 40.4 Å². The number of esters is 1. The van der Waals surface area contributed by atoms with Crippen molar-refractivity contribution in [3.63, 3.8) is 0 Å². The lowest BCUT2D eigenvalue weighted by atomic mass is 10.1. The Kier molecular flexibility index (Phi) is 7.03. The van der Waals surface area contributed by atoms with Gasteiger partial charge in [0, 0.05) is 37.3 Å². The molecule has 0 N–H and O–H groups in total. The Bertz CT molecular complexity index is 798. The summed E-state index contributed by atoms with van der Waals surface area (Å²) in [7, 11) is 0. The fraction of sp³-hybridized carbons (Fsp3) is 0.476. The molecule has 2 aromatic rings. The van der Waals surface area contributed by atoms with E-state index < -0.39 is 5.97 Å². The molecule has 3 rings (SSSR count). The van der Waals surface area contributed by atoms with Gasteiger partial charge in [-0.1, -0.05) is 26.3 Å². The van der Waals surface area contributed by atoms with Crippen LogP contribution >= 0.6 is 11.3 Å². The van der Waals surface area contributed by atoms with Gasteiger partial charge in [0.25, 0.3) is 5.91 Å². The van der Waals surface area contributed by atoms with Crippen LogP contribution in [0.2, 0.25) is 0 Å². The molecule has 0 atom stereocenters. The summed E-state index contributed by atoms with van der Waals surface area (Å²) < 4.78 is 5.30. The highest BCUT2D eigenvalue weighted by Crippen LogP contribution is 2.25. The highest BCUT2D eigenvalue weighted by Gasteiger charge is 2.23. The van der Waals surface area contributed by atoms with Gasteiger partial charge in [0.05, 0.1) is 0 Å². The van der Waals surface area contributed by atoms with E-state index in [9.17, 15) is 9.59 Å². The van der Waals surface area contributed by atoms with E-state index in [1.165, 1.54) is 21.8 Å². The lowest BCUT2D eigenvalue weighted by molar-refractivity contribution is -0.134. The van der Waals surface area contributed by atoms with Gasteiger partial charge in [0.1, 0.15) is 10.7 Å². The topological polar surface area (TPSA) is 62.7 Å². The fourth-order valence-corrected chi connectivity index (χ4v) is 4.57. The molecule has 28 heavy (non-hydrogen) atoms. The van der Waals surface area contributed by atoms with Gasteiger partial charge in [-0.2, -0.15) is 0 Å². The van der Waals surface area contributed by atoms with E-state index in [-0.39, 0.29) is 12.5 Å². The van der Waals surface area contributed by atoms with Crippen LogP contribution in [0.3, 0.4) is 0 Å². The third-order valence-electron chi connectivity index (χ3n) is 4.89. The maximum Gasteiger partial charge on any atom is 0.348 e. The van der Waals surface area contributed by atoms with Crippen molar-refractivity contribution in [2.75, 3.05) is 37.7 Å². The molecule has 1 saturated heterocycles. The number of nitrogens with zero attached hydrogens (tertiary/aromatic N) is 3. The molecule has 0 aliphatic carbocycles. The highest BCUT2D eigenvalue weighted by molar-refractivity contribution is 7.14. The summed E-state index contributed by atoms with van der Waals surface area (Å²) in [6, 6.07) is 7.73. The quantitative estimate of drug-likeness (QED) is 0.667. The van der Waals surface area contributed by atoms with E-state index >= 15 is 0 Å². The number of thiophene rings is 1. The Morgan fingerprint density at radius 3 is 2.61 bits per heavy atom. The van der Waals surface area contributed by atoms with E-state index in [1.54, 1.807) is 11.1 Å². The molecule has 1 amide bonds. The van der Waals surface area contributed by atoms with Crippen LogP contribution in [0, 0.1) is 0 Å². The number of rotatable bonds is 7. The number of ether oxygens (including phenoxy) is 1. The van der Waals surface area contributed by atoms with Gasteiger partial charge in [-0.25, -0.2) is 9.78 Å². The zero-order valence-corrected chi connectivity index (χ0v) is 17.3. The second-order valence-corrected chi connectivity index (χ2v) is 7.93. The van der Waals surface area contributed by atoms with Gasteiger partial charge in [-0.05, 0) is 36.6 Å². The molecule has 0 bridgehead atoms. The molecule has 0 saturated carbocycles. The summed E-state index contributed by atoms with van der Waals surface area (Å²) in [5.41, 5.74) is 1.20. The average molecular weight is 402 g/mol. The van der Waals surface area contributed by atoms with Crippen molar-refractivity contribution >= 4 is 29.0 Å². The predicted octanol–water partition coefficient (Wildman–Crippen LogP) is 3.16. The second kappa shape index (κ2) is 9.68. The van der Waals surface area contributed by atoms with Gasteiger partial charge < -0.3 is 14.5 Å². The van der Waals surface area contributed by atoms with Gasteiger partial charge in [-0.3, -0.25) is 4.79 Å². The summed E-state index contributed by atoms with van der Waals surface area (Å²) in [6.07, 6.45) is 4.69. The molecule has 2 aromatic heterocycles. The summed E-state index contributed by atoms with van der Waals surface area (Å²) in [5, 5.41) is 0. The largest absolute Gasteiger partial charge is 0.451 e. The minimum absolute atomic E-state index is 0.143. The van der Waals surface area contributed by atoms with Crippen LogP contribution in [0.25, 0.3) is 0 Å². The SMILES string of the molecule is CCCc1sc(C(=O)OCC(=O)N2CCN(c3ccccn3)CC2)cc1CC. The second-order valence-electron chi connectivity index (χ2n) is 6.79. The van der Waals surface area contributed by atoms with Crippen molar-refractivity contribution < 1.29 is 14.3 Å². The van der Waals surface area contributed by atoms with E-state index in [0.717, 1.165) is 38.2 Å².